The van der Waals surface area contributed by atoms with Crippen molar-refractivity contribution in [3.8, 4) is 0 Å². The van der Waals surface area contributed by atoms with Gasteiger partial charge in [-0.15, -0.1) is 12.4 Å². The lowest BCUT2D eigenvalue weighted by atomic mass is 9.93. The van der Waals surface area contributed by atoms with Gasteiger partial charge >= 0.3 is 0 Å². The summed E-state index contributed by atoms with van der Waals surface area (Å²) >= 11 is 0. The van der Waals surface area contributed by atoms with Crippen LogP contribution in [-0.2, 0) is 19.4 Å². The molecule has 0 aromatic rings. The molecule has 22 heavy (non-hydrogen) atoms. The Hall–Kier alpha value is -0.370. The van der Waals surface area contributed by atoms with E-state index in [4.69, 9.17) is 4.74 Å². The number of carbonyl (C=O) groups excluding carboxylic acids is 1. The van der Waals surface area contributed by atoms with Gasteiger partial charge in [0.05, 0.1) is 24.2 Å². The van der Waals surface area contributed by atoms with Gasteiger partial charge in [-0.25, -0.2) is 8.42 Å². The summed E-state index contributed by atoms with van der Waals surface area (Å²) in [6.07, 6.45) is 3.92. The van der Waals surface area contributed by atoms with Crippen molar-refractivity contribution in [2.45, 2.75) is 49.4 Å². The molecule has 1 amide bonds. The van der Waals surface area contributed by atoms with Gasteiger partial charge in [-0.05, 0) is 12.8 Å². The third-order valence-corrected chi connectivity index (χ3v) is 7.11. The number of morpholine rings is 1. The summed E-state index contributed by atoms with van der Waals surface area (Å²) in [5.74, 6) is 0.193. The molecule has 0 spiro atoms. The van der Waals surface area contributed by atoms with Crippen LogP contribution in [-0.4, -0.2) is 68.6 Å². The van der Waals surface area contributed by atoms with Crippen molar-refractivity contribution < 1.29 is 17.9 Å². The van der Waals surface area contributed by atoms with E-state index in [1.54, 1.807) is 0 Å². The number of ether oxygens (including phenoxy) is 1. The van der Waals surface area contributed by atoms with Crippen molar-refractivity contribution in [3.05, 3.63) is 0 Å². The molecular formula is C14H25ClN2O4S. The van der Waals surface area contributed by atoms with Crippen molar-refractivity contribution in [2.24, 2.45) is 0 Å². The molecule has 8 heteroatoms. The maximum Gasteiger partial charge on any atom is 0.224 e. The van der Waals surface area contributed by atoms with Gasteiger partial charge in [-0.1, -0.05) is 12.8 Å². The fourth-order valence-electron chi connectivity index (χ4n) is 3.78. The number of rotatable bonds is 2. The standard InChI is InChI=1S/C14H24N2O4S.ClH/c17-14(9-11-10-20-7-5-15-11)16-6-8-21(18,19)13-4-2-1-3-12(13)16;/h11-13,15H,1-10H2;1H. The highest BCUT2D eigenvalue weighted by atomic mass is 35.5. The van der Waals surface area contributed by atoms with Gasteiger partial charge < -0.3 is 15.0 Å². The zero-order chi connectivity index (χ0) is 14.9. The van der Waals surface area contributed by atoms with Crippen LogP contribution in [0.25, 0.3) is 0 Å². The van der Waals surface area contributed by atoms with Crippen LogP contribution >= 0.6 is 12.4 Å². The summed E-state index contributed by atoms with van der Waals surface area (Å²) in [6, 6.07) is -0.0404. The molecule has 0 aromatic carbocycles. The maximum absolute atomic E-state index is 12.6. The Morgan fingerprint density at radius 1 is 1.27 bits per heavy atom. The molecule has 0 aromatic heterocycles. The number of amides is 1. The second-order valence-electron chi connectivity index (χ2n) is 6.27. The van der Waals surface area contributed by atoms with Crippen molar-refractivity contribution in [2.75, 3.05) is 32.1 Å². The minimum atomic E-state index is -3.02. The van der Waals surface area contributed by atoms with Crippen LogP contribution in [0.15, 0.2) is 0 Å². The first-order valence-electron chi connectivity index (χ1n) is 7.90. The molecule has 1 saturated carbocycles. The highest BCUT2D eigenvalue weighted by molar-refractivity contribution is 7.92. The van der Waals surface area contributed by atoms with E-state index in [9.17, 15) is 13.2 Å². The van der Waals surface area contributed by atoms with Crippen molar-refractivity contribution in [1.82, 2.24) is 10.2 Å². The molecule has 6 nitrogen and oxygen atoms in total. The van der Waals surface area contributed by atoms with E-state index in [2.05, 4.69) is 5.32 Å². The predicted octanol–water partition coefficient (Wildman–Crippen LogP) is 0.355. The van der Waals surface area contributed by atoms with Crippen LogP contribution in [0, 0.1) is 0 Å². The second-order valence-corrected chi connectivity index (χ2v) is 8.61. The molecule has 2 aliphatic heterocycles. The second kappa shape index (κ2) is 7.47. The van der Waals surface area contributed by atoms with Crippen molar-refractivity contribution in [1.29, 1.82) is 0 Å². The number of halogens is 1. The highest BCUT2D eigenvalue weighted by Crippen LogP contribution is 2.32. The fraction of sp³-hybridized carbons (Fsp3) is 0.929. The molecule has 3 unspecified atom stereocenters. The summed E-state index contributed by atoms with van der Waals surface area (Å²) < 4.78 is 29.8. The third kappa shape index (κ3) is 3.75. The fourth-order valence-corrected chi connectivity index (χ4v) is 5.83. The zero-order valence-corrected chi connectivity index (χ0v) is 14.3. The summed E-state index contributed by atoms with van der Waals surface area (Å²) in [4.78, 5) is 14.4. The topological polar surface area (TPSA) is 75.7 Å². The SMILES string of the molecule is Cl.O=C(CC1COCCN1)N1CCS(=O)(=O)C2CCCCC21. The van der Waals surface area contributed by atoms with Crippen LogP contribution in [0.2, 0.25) is 0 Å². The third-order valence-electron chi connectivity index (χ3n) is 4.89. The predicted molar refractivity (Wildman–Crippen MR) is 86.0 cm³/mol. The Balaban J connectivity index is 0.00000176. The molecule has 128 valence electrons. The molecular weight excluding hydrogens is 328 g/mol. The molecule has 2 saturated heterocycles. The molecule has 3 fully saturated rings. The van der Waals surface area contributed by atoms with Gasteiger partial charge in [0.1, 0.15) is 0 Å². The van der Waals surface area contributed by atoms with Crippen molar-refractivity contribution >= 4 is 28.2 Å². The normalized spacial score (nSPS) is 34.4. The molecule has 2 heterocycles. The molecule has 1 aliphatic carbocycles. The van der Waals surface area contributed by atoms with Gasteiger partial charge in [0.2, 0.25) is 5.91 Å². The average molecular weight is 353 g/mol. The number of sulfone groups is 1. The Kier molecular flexibility index (Phi) is 6.10. The summed E-state index contributed by atoms with van der Waals surface area (Å²) in [6.45, 7) is 2.39. The minimum Gasteiger partial charge on any atom is -0.378 e. The van der Waals surface area contributed by atoms with E-state index in [-0.39, 0.29) is 41.4 Å². The Labute approximate surface area is 138 Å². The minimum absolute atomic E-state index is 0. The lowest BCUT2D eigenvalue weighted by Gasteiger charge is -2.44. The number of nitrogens with zero attached hydrogens (tertiary/aromatic N) is 1. The van der Waals surface area contributed by atoms with E-state index < -0.39 is 9.84 Å². The summed E-state index contributed by atoms with van der Waals surface area (Å²) in [5, 5.41) is 2.95. The lowest BCUT2D eigenvalue weighted by molar-refractivity contribution is -0.135. The molecule has 1 N–H and O–H groups in total. The number of nitrogens with one attached hydrogen (secondary N) is 1. The van der Waals surface area contributed by atoms with Crippen LogP contribution in [0.1, 0.15) is 32.1 Å². The van der Waals surface area contributed by atoms with Crippen LogP contribution in [0.3, 0.4) is 0 Å². The maximum atomic E-state index is 12.6. The zero-order valence-electron chi connectivity index (χ0n) is 12.7. The van der Waals surface area contributed by atoms with Crippen molar-refractivity contribution in [3.63, 3.8) is 0 Å². The molecule has 0 radical (unpaired) electrons. The van der Waals surface area contributed by atoms with Gasteiger partial charge in [0, 0.05) is 31.6 Å². The molecule has 3 rings (SSSR count). The number of fused-ring (bicyclic) bond motifs is 1. The molecule has 0 bridgehead atoms. The molecule has 3 aliphatic rings. The molecule has 3 atom stereocenters. The van der Waals surface area contributed by atoms with Gasteiger partial charge in [-0.2, -0.15) is 0 Å². The smallest absolute Gasteiger partial charge is 0.224 e. The summed E-state index contributed by atoms with van der Waals surface area (Å²) in [7, 11) is -3.02. The summed E-state index contributed by atoms with van der Waals surface area (Å²) in [5.41, 5.74) is 0. The van der Waals surface area contributed by atoms with Gasteiger partial charge in [-0.3, -0.25) is 4.79 Å². The van der Waals surface area contributed by atoms with E-state index in [1.807, 2.05) is 4.90 Å². The van der Waals surface area contributed by atoms with E-state index in [0.29, 0.717) is 32.6 Å². The van der Waals surface area contributed by atoms with E-state index in [1.165, 1.54) is 0 Å². The first-order valence-corrected chi connectivity index (χ1v) is 9.61. The van der Waals surface area contributed by atoms with E-state index in [0.717, 1.165) is 25.8 Å². The van der Waals surface area contributed by atoms with Crippen LogP contribution in [0.5, 0.6) is 0 Å². The average Bonchev–Trinajstić information content (AvgIpc) is 2.48. The monoisotopic (exact) mass is 352 g/mol. The number of carbonyl (C=O) groups is 1. The number of hydrogen-bond donors (Lipinski definition) is 1. The number of hydrogen-bond acceptors (Lipinski definition) is 5. The first kappa shape index (κ1) is 18.0. The van der Waals surface area contributed by atoms with Gasteiger partial charge in [0.25, 0.3) is 0 Å². The quantitative estimate of drug-likeness (QED) is 0.776. The first-order chi connectivity index (χ1) is 10.1. The largest absolute Gasteiger partial charge is 0.378 e. The van der Waals surface area contributed by atoms with Crippen LogP contribution in [0.4, 0.5) is 0 Å². The van der Waals surface area contributed by atoms with Gasteiger partial charge in [0.15, 0.2) is 9.84 Å². The Morgan fingerprint density at radius 2 is 2.05 bits per heavy atom. The van der Waals surface area contributed by atoms with Crippen LogP contribution < -0.4 is 5.32 Å². The Bertz CT molecular complexity index is 493. The highest BCUT2D eigenvalue weighted by Gasteiger charge is 2.44. The van der Waals surface area contributed by atoms with E-state index >= 15 is 0 Å². The lowest BCUT2D eigenvalue weighted by Crippen LogP contribution is -2.58. The Morgan fingerprint density at radius 3 is 2.77 bits per heavy atom.